The van der Waals surface area contributed by atoms with E-state index in [1.165, 1.54) is 11.8 Å². The van der Waals surface area contributed by atoms with E-state index < -0.39 is 0 Å². The van der Waals surface area contributed by atoms with Gasteiger partial charge >= 0.3 is 0 Å². The molecule has 0 aromatic heterocycles. The van der Waals surface area contributed by atoms with Crippen LogP contribution in [0, 0.1) is 5.92 Å². The summed E-state index contributed by atoms with van der Waals surface area (Å²) in [4.78, 5) is 12.8. The summed E-state index contributed by atoms with van der Waals surface area (Å²) in [5, 5.41) is 0.727. The third-order valence-corrected chi connectivity index (χ3v) is 4.19. The third-order valence-electron chi connectivity index (χ3n) is 2.65. The lowest BCUT2D eigenvalue weighted by Crippen LogP contribution is -2.14. The molecule has 0 atom stereocenters. The summed E-state index contributed by atoms with van der Waals surface area (Å²) in [6.07, 6.45) is 1.86. The number of carbonyl (C=O) groups excluding carboxylic acids is 1. The number of halogens is 1. The summed E-state index contributed by atoms with van der Waals surface area (Å²) in [6, 6.07) is 7.64. The van der Waals surface area contributed by atoms with E-state index in [1.807, 2.05) is 24.3 Å². The molecule has 1 nitrogen and oxygen atoms in total. The second-order valence-corrected chi connectivity index (χ2v) is 5.12. The summed E-state index contributed by atoms with van der Waals surface area (Å²) in [6.45, 7) is 4.12. The molecule has 0 saturated carbocycles. The summed E-state index contributed by atoms with van der Waals surface area (Å²) in [5.41, 5.74) is 0. The topological polar surface area (TPSA) is 17.1 Å². The number of benzene rings is 1. The van der Waals surface area contributed by atoms with Gasteiger partial charge < -0.3 is 0 Å². The molecular formula is C13H17ClOS. The van der Waals surface area contributed by atoms with E-state index in [9.17, 15) is 4.79 Å². The second-order valence-electron chi connectivity index (χ2n) is 3.70. The largest absolute Gasteiger partial charge is 0.298 e. The van der Waals surface area contributed by atoms with Crippen LogP contribution in [0.25, 0.3) is 0 Å². The third kappa shape index (κ3) is 3.84. The van der Waals surface area contributed by atoms with E-state index in [-0.39, 0.29) is 5.92 Å². The van der Waals surface area contributed by atoms with Crippen molar-refractivity contribution in [1.29, 1.82) is 0 Å². The standard InChI is InChI=1S/C13H17ClOS/c1-3-10(4-2)12(15)9-16-13-8-6-5-7-11(13)14/h5-8,10H,3-4,9H2,1-2H3. The first-order valence-corrected chi connectivity index (χ1v) is 6.95. The van der Waals surface area contributed by atoms with Crippen LogP contribution in [0.5, 0.6) is 0 Å². The molecule has 1 rings (SSSR count). The Morgan fingerprint density at radius 2 is 1.94 bits per heavy atom. The number of Topliss-reactive ketones (excluding diaryl/α,β-unsaturated/α-hetero) is 1. The van der Waals surface area contributed by atoms with E-state index in [2.05, 4.69) is 13.8 Å². The number of carbonyl (C=O) groups is 1. The molecule has 3 heteroatoms. The average Bonchev–Trinajstić information content (AvgIpc) is 2.29. The number of rotatable bonds is 6. The van der Waals surface area contributed by atoms with Crippen molar-refractivity contribution in [1.82, 2.24) is 0 Å². The first kappa shape index (κ1) is 13.6. The Hall–Kier alpha value is -0.470. The zero-order valence-corrected chi connectivity index (χ0v) is 11.3. The van der Waals surface area contributed by atoms with Crippen LogP contribution < -0.4 is 0 Å². The molecule has 16 heavy (non-hydrogen) atoms. The van der Waals surface area contributed by atoms with Crippen LogP contribution in [-0.4, -0.2) is 11.5 Å². The molecule has 0 saturated heterocycles. The normalized spacial score (nSPS) is 10.8. The Morgan fingerprint density at radius 1 is 1.31 bits per heavy atom. The van der Waals surface area contributed by atoms with Crippen LogP contribution in [0.1, 0.15) is 26.7 Å². The van der Waals surface area contributed by atoms with Gasteiger partial charge in [0.1, 0.15) is 5.78 Å². The highest BCUT2D eigenvalue weighted by molar-refractivity contribution is 8.00. The molecule has 0 radical (unpaired) electrons. The highest BCUT2D eigenvalue weighted by Crippen LogP contribution is 2.27. The van der Waals surface area contributed by atoms with Crippen LogP contribution in [0.2, 0.25) is 5.02 Å². The van der Waals surface area contributed by atoms with E-state index in [0.717, 1.165) is 22.8 Å². The average molecular weight is 257 g/mol. The van der Waals surface area contributed by atoms with Gasteiger partial charge in [-0.3, -0.25) is 4.79 Å². The number of hydrogen-bond donors (Lipinski definition) is 0. The van der Waals surface area contributed by atoms with E-state index in [0.29, 0.717) is 11.5 Å². The molecule has 1 aromatic carbocycles. The molecular weight excluding hydrogens is 240 g/mol. The quantitative estimate of drug-likeness (QED) is 0.700. The van der Waals surface area contributed by atoms with Gasteiger partial charge in [-0.1, -0.05) is 37.6 Å². The van der Waals surface area contributed by atoms with Gasteiger partial charge in [-0.15, -0.1) is 11.8 Å². The van der Waals surface area contributed by atoms with Gasteiger partial charge in [-0.05, 0) is 25.0 Å². The van der Waals surface area contributed by atoms with Crippen molar-refractivity contribution in [3.8, 4) is 0 Å². The van der Waals surface area contributed by atoms with Gasteiger partial charge in [0.05, 0.1) is 10.8 Å². The van der Waals surface area contributed by atoms with E-state index in [1.54, 1.807) is 0 Å². The highest BCUT2D eigenvalue weighted by Gasteiger charge is 2.14. The molecule has 0 aliphatic carbocycles. The molecule has 1 aromatic rings. The van der Waals surface area contributed by atoms with Crippen LogP contribution in [0.4, 0.5) is 0 Å². The maximum absolute atomic E-state index is 11.8. The smallest absolute Gasteiger partial charge is 0.146 e. The monoisotopic (exact) mass is 256 g/mol. The van der Waals surface area contributed by atoms with Crippen molar-refractivity contribution in [2.24, 2.45) is 5.92 Å². The fraction of sp³-hybridized carbons (Fsp3) is 0.462. The van der Waals surface area contributed by atoms with Crippen molar-refractivity contribution in [3.63, 3.8) is 0 Å². The molecule has 0 fully saturated rings. The highest BCUT2D eigenvalue weighted by atomic mass is 35.5. The molecule has 0 N–H and O–H groups in total. The first-order chi connectivity index (χ1) is 7.69. The Labute approximate surface area is 107 Å². The van der Waals surface area contributed by atoms with Gasteiger partial charge in [0, 0.05) is 10.8 Å². The maximum atomic E-state index is 11.8. The van der Waals surface area contributed by atoms with Gasteiger partial charge in [0.15, 0.2) is 0 Å². The zero-order chi connectivity index (χ0) is 12.0. The van der Waals surface area contributed by atoms with Crippen molar-refractivity contribution in [2.45, 2.75) is 31.6 Å². The van der Waals surface area contributed by atoms with Crippen molar-refractivity contribution in [2.75, 3.05) is 5.75 Å². The molecule has 0 unspecified atom stereocenters. The van der Waals surface area contributed by atoms with Gasteiger partial charge in [-0.25, -0.2) is 0 Å². The maximum Gasteiger partial charge on any atom is 0.146 e. The summed E-state index contributed by atoms with van der Waals surface area (Å²) in [7, 11) is 0. The Balaban J connectivity index is 2.52. The minimum absolute atomic E-state index is 0.204. The Kier molecular flexibility index (Phi) is 5.93. The molecule has 0 heterocycles. The van der Waals surface area contributed by atoms with Crippen LogP contribution in [0.15, 0.2) is 29.2 Å². The zero-order valence-electron chi connectivity index (χ0n) is 9.70. The lowest BCUT2D eigenvalue weighted by Gasteiger charge is -2.10. The van der Waals surface area contributed by atoms with Gasteiger partial charge in [-0.2, -0.15) is 0 Å². The minimum atomic E-state index is 0.204. The molecule has 0 bridgehead atoms. The van der Waals surface area contributed by atoms with Gasteiger partial charge in [0.2, 0.25) is 0 Å². The summed E-state index contributed by atoms with van der Waals surface area (Å²) in [5.74, 6) is 1.06. The molecule has 0 spiro atoms. The number of thioether (sulfide) groups is 1. The van der Waals surface area contributed by atoms with Gasteiger partial charge in [0.25, 0.3) is 0 Å². The van der Waals surface area contributed by atoms with Crippen LogP contribution in [0.3, 0.4) is 0 Å². The van der Waals surface area contributed by atoms with Crippen molar-refractivity contribution < 1.29 is 4.79 Å². The van der Waals surface area contributed by atoms with Crippen LogP contribution >= 0.6 is 23.4 Å². The fourth-order valence-electron chi connectivity index (χ4n) is 1.57. The molecule has 88 valence electrons. The lowest BCUT2D eigenvalue weighted by molar-refractivity contribution is -0.120. The lowest BCUT2D eigenvalue weighted by atomic mass is 10.00. The molecule has 0 aliphatic heterocycles. The van der Waals surface area contributed by atoms with Crippen molar-refractivity contribution in [3.05, 3.63) is 29.3 Å². The summed E-state index contributed by atoms with van der Waals surface area (Å²) < 4.78 is 0. The number of ketones is 1. The minimum Gasteiger partial charge on any atom is -0.298 e. The molecule has 0 aliphatic rings. The predicted molar refractivity (Wildman–Crippen MR) is 71.3 cm³/mol. The Bertz CT molecular complexity index is 348. The Morgan fingerprint density at radius 3 is 2.50 bits per heavy atom. The van der Waals surface area contributed by atoms with E-state index >= 15 is 0 Å². The van der Waals surface area contributed by atoms with Crippen molar-refractivity contribution >= 4 is 29.1 Å². The predicted octanol–water partition coefficient (Wildman–Crippen LogP) is 4.44. The van der Waals surface area contributed by atoms with E-state index in [4.69, 9.17) is 11.6 Å². The molecule has 0 amide bonds. The number of hydrogen-bond acceptors (Lipinski definition) is 2. The SMILES string of the molecule is CCC(CC)C(=O)CSc1ccccc1Cl. The first-order valence-electron chi connectivity index (χ1n) is 5.59. The second kappa shape index (κ2) is 6.97. The van der Waals surface area contributed by atoms with Crippen LogP contribution in [-0.2, 0) is 4.79 Å². The summed E-state index contributed by atoms with van der Waals surface area (Å²) >= 11 is 7.56. The fourth-order valence-corrected chi connectivity index (χ4v) is 2.79.